The molecule has 0 saturated carbocycles. The van der Waals surface area contributed by atoms with Crippen LogP contribution in [-0.2, 0) is 6.54 Å². The van der Waals surface area contributed by atoms with Crippen molar-refractivity contribution in [3.05, 3.63) is 53.0 Å². The van der Waals surface area contributed by atoms with Crippen molar-refractivity contribution in [3.8, 4) is 11.5 Å². The molecular weight excluding hydrogens is 360 g/mol. The summed E-state index contributed by atoms with van der Waals surface area (Å²) in [4.78, 5) is 20.1. The Kier molecular flexibility index (Phi) is 4.30. The van der Waals surface area contributed by atoms with Gasteiger partial charge in [0.15, 0.2) is 17.3 Å². The van der Waals surface area contributed by atoms with Gasteiger partial charge in [0.25, 0.3) is 0 Å². The summed E-state index contributed by atoms with van der Waals surface area (Å²) < 4.78 is 12.0. The second kappa shape index (κ2) is 6.94. The van der Waals surface area contributed by atoms with Crippen molar-refractivity contribution in [2.75, 3.05) is 19.9 Å². The highest BCUT2D eigenvalue weighted by molar-refractivity contribution is 7.18. The molecule has 0 bridgehead atoms. The number of Topliss-reactive ketones (excluding diaryl/α,β-unsaturated/α-hetero) is 1. The molecule has 5 nitrogen and oxygen atoms in total. The number of benzene rings is 2. The van der Waals surface area contributed by atoms with E-state index in [-0.39, 0.29) is 18.5 Å². The van der Waals surface area contributed by atoms with Gasteiger partial charge in [-0.3, -0.25) is 9.69 Å². The Balaban J connectivity index is 1.29. The van der Waals surface area contributed by atoms with E-state index in [4.69, 9.17) is 14.5 Å². The summed E-state index contributed by atoms with van der Waals surface area (Å²) in [5.74, 6) is 1.60. The second-order valence-corrected chi connectivity index (χ2v) is 8.20. The molecule has 1 unspecified atom stereocenters. The summed E-state index contributed by atoms with van der Waals surface area (Å²) in [5.41, 5.74) is 1.77. The summed E-state index contributed by atoms with van der Waals surface area (Å²) in [7, 11) is 0. The van der Waals surface area contributed by atoms with Crippen LogP contribution in [0.5, 0.6) is 11.5 Å². The molecule has 3 heterocycles. The van der Waals surface area contributed by atoms with E-state index in [1.165, 1.54) is 4.70 Å². The molecule has 1 saturated heterocycles. The van der Waals surface area contributed by atoms with Crippen LogP contribution in [-0.4, -0.2) is 35.5 Å². The van der Waals surface area contributed by atoms with E-state index < -0.39 is 0 Å². The van der Waals surface area contributed by atoms with Crippen LogP contribution in [0.2, 0.25) is 0 Å². The largest absolute Gasteiger partial charge is 0.454 e. The number of likely N-dealkylation sites (tertiary alicyclic amines) is 1. The first-order valence-electron chi connectivity index (χ1n) is 9.27. The third kappa shape index (κ3) is 3.31. The summed E-state index contributed by atoms with van der Waals surface area (Å²) in [5, 5.41) is 1.12. The van der Waals surface area contributed by atoms with Crippen molar-refractivity contribution in [2.45, 2.75) is 19.4 Å². The van der Waals surface area contributed by atoms with Gasteiger partial charge in [-0.2, -0.15) is 0 Å². The van der Waals surface area contributed by atoms with E-state index >= 15 is 0 Å². The van der Waals surface area contributed by atoms with Crippen LogP contribution in [0.1, 0.15) is 28.2 Å². The van der Waals surface area contributed by atoms with Crippen LogP contribution in [0.4, 0.5) is 0 Å². The smallest absolute Gasteiger partial charge is 0.231 e. The van der Waals surface area contributed by atoms with E-state index in [1.54, 1.807) is 11.3 Å². The molecule has 3 aromatic rings. The number of rotatable bonds is 4. The SMILES string of the molecule is O=C(c1ccc2c(c1)OCO2)C1CCCN(Cc2nc3ccccc3s2)C1. The minimum Gasteiger partial charge on any atom is -0.454 e. The summed E-state index contributed by atoms with van der Waals surface area (Å²) in [6.07, 6.45) is 1.97. The molecule has 138 valence electrons. The zero-order valence-corrected chi connectivity index (χ0v) is 15.7. The lowest BCUT2D eigenvalue weighted by molar-refractivity contribution is 0.0811. The molecule has 5 rings (SSSR count). The van der Waals surface area contributed by atoms with E-state index in [1.807, 2.05) is 30.3 Å². The zero-order chi connectivity index (χ0) is 18.2. The van der Waals surface area contributed by atoms with E-state index in [9.17, 15) is 4.79 Å². The number of para-hydroxylation sites is 1. The van der Waals surface area contributed by atoms with E-state index in [0.29, 0.717) is 17.1 Å². The van der Waals surface area contributed by atoms with Crippen LogP contribution in [0.25, 0.3) is 10.2 Å². The average Bonchev–Trinajstić information content (AvgIpc) is 3.33. The maximum absolute atomic E-state index is 13.0. The van der Waals surface area contributed by atoms with Crippen molar-refractivity contribution < 1.29 is 14.3 Å². The van der Waals surface area contributed by atoms with Crippen molar-refractivity contribution in [2.24, 2.45) is 5.92 Å². The molecule has 0 radical (unpaired) electrons. The minimum atomic E-state index is 0.0218. The summed E-state index contributed by atoms with van der Waals surface area (Å²) >= 11 is 1.74. The molecule has 2 aliphatic heterocycles. The maximum atomic E-state index is 13.0. The number of hydrogen-bond acceptors (Lipinski definition) is 6. The number of ether oxygens (including phenoxy) is 2. The number of nitrogens with zero attached hydrogens (tertiary/aromatic N) is 2. The van der Waals surface area contributed by atoms with Gasteiger partial charge in [0.05, 0.1) is 16.8 Å². The number of ketones is 1. The highest BCUT2D eigenvalue weighted by Gasteiger charge is 2.28. The van der Waals surface area contributed by atoms with Crippen LogP contribution in [0, 0.1) is 5.92 Å². The molecular formula is C21H20N2O3S. The second-order valence-electron chi connectivity index (χ2n) is 7.08. The zero-order valence-electron chi connectivity index (χ0n) is 14.9. The van der Waals surface area contributed by atoms with Gasteiger partial charge in [-0.15, -0.1) is 11.3 Å². The molecule has 1 fully saturated rings. The standard InChI is InChI=1S/C21H20N2O3S/c24-21(14-7-8-17-18(10-14)26-13-25-17)15-4-3-9-23(11-15)12-20-22-16-5-1-2-6-19(16)27-20/h1-2,5-8,10,15H,3-4,9,11-13H2. The lowest BCUT2D eigenvalue weighted by atomic mass is 9.90. The van der Waals surface area contributed by atoms with Crippen molar-refractivity contribution in [3.63, 3.8) is 0 Å². The first-order valence-corrected chi connectivity index (χ1v) is 10.1. The number of aromatic nitrogens is 1. The number of carbonyl (C=O) groups excluding carboxylic acids is 1. The Labute approximate surface area is 161 Å². The van der Waals surface area contributed by atoms with Gasteiger partial charge < -0.3 is 9.47 Å². The first-order chi connectivity index (χ1) is 13.3. The normalized spacial score (nSPS) is 19.5. The number of fused-ring (bicyclic) bond motifs is 2. The predicted octanol–water partition coefficient (Wildman–Crippen LogP) is 4.12. The van der Waals surface area contributed by atoms with Gasteiger partial charge in [0, 0.05) is 18.0 Å². The lowest BCUT2D eigenvalue weighted by Crippen LogP contribution is -2.38. The maximum Gasteiger partial charge on any atom is 0.231 e. The van der Waals surface area contributed by atoms with Crippen LogP contribution in [0.3, 0.4) is 0 Å². The minimum absolute atomic E-state index is 0.0218. The van der Waals surface area contributed by atoms with Gasteiger partial charge in [-0.1, -0.05) is 12.1 Å². The Morgan fingerprint density at radius 3 is 3.00 bits per heavy atom. The molecule has 2 aliphatic rings. The number of piperidine rings is 1. The predicted molar refractivity (Wildman–Crippen MR) is 105 cm³/mol. The van der Waals surface area contributed by atoms with Crippen molar-refractivity contribution in [1.29, 1.82) is 0 Å². The van der Waals surface area contributed by atoms with E-state index in [2.05, 4.69) is 17.0 Å². The first kappa shape index (κ1) is 16.7. The van der Waals surface area contributed by atoms with Crippen molar-refractivity contribution in [1.82, 2.24) is 9.88 Å². The fourth-order valence-electron chi connectivity index (χ4n) is 3.88. The fourth-order valence-corrected chi connectivity index (χ4v) is 4.89. The average molecular weight is 380 g/mol. The van der Waals surface area contributed by atoms with Gasteiger partial charge in [-0.05, 0) is 49.7 Å². The lowest BCUT2D eigenvalue weighted by Gasteiger charge is -2.31. The van der Waals surface area contributed by atoms with Crippen molar-refractivity contribution >= 4 is 27.3 Å². The molecule has 6 heteroatoms. The third-order valence-electron chi connectivity index (χ3n) is 5.23. The Hall–Kier alpha value is -2.44. The van der Waals surface area contributed by atoms with Crippen LogP contribution < -0.4 is 9.47 Å². The van der Waals surface area contributed by atoms with Crippen LogP contribution in [0.15, 0.2) is 42.5 Å². The number of hydrogen-bond donors (Lipinski definition) is 0. The Morgan fingerprint density at radius 1 is 1.19 bits per heavy atom. The molecule has 1 aromatic heterocycles. The molecule has 27 heavy (non-hydrogen) atoms. The van der Waals surface area contributed by atoms with Crippen LogP contribution >= 0.6 is 11.3 Å². The Bertz CT molecular complexity index is 967. The monoisotopic (exact) mass is 380 g/mol. The molecule has 0 amide bonds. The van der Waals surface area contributed by atoms with Gasteiger partial charge >= 0.3 is 0 Å². The Morgan fingerprint density at radius 2 is 2.07 bits per heavy atom. The number of carbonyl (C=O) groups is 1. The third-order valence-corrected chi connectivity index (χ3v) is 6.25. The fraction of sp³-hybridized carbons (Fsp3) is 0.333. The van der Waals surface area contributed by atoms with Gasteiger partial charge in [0.1, 0.15) is 5.01 Å². The highest BCUT2D eigenvalue weighted by atomic mass is 32.1. The van der Waals surface area contributed by atoms with Gasteiger partial charge in [-0.25, -0.2) is 4.98 Å². The summed E-state index contributed by atoms with van der Waals surface area (Å²) in [6, 6.07) is 13.7. The molecule has 1 atom stereocenters. The number of thiazole rings is 1. The quantitative estimate of drug-likeness (QED) is 0.637. The molecule has 0 spiro atoms. The highest BCUT2D eigenvalue weighted by Crippen LogP contribution is 2.34. The molecule has 0 N–H and O–H groups in total. The molecule has 2 aromatic carbocycles. The summed E-state index contributed by atoms with van der Waals surface area (Å²) in [6.45, 7) is 2.83. The molecule has 0 aliphatic carbocycles. The van der Waals surface area contributed by atoms with E-state index in [0.717, 1.165) is 43.0 Å². The van der Waals surface area contributed by atoms with Gasteiger partial charge in [0.2, 0.25) is 6.79 Å². The topological polar surface area (TPSA) is 51.7 Å².